The van der Waals surface area contributed by atoms with E-state index in [2.05, 4.69) is 15.0 Å². The second-order valence-corrected chi connectivity index (χ2v) is 7.97. The molecular weight excluding hydrogens is 434 g/mol. The molecule has 11 heteroatoms. The van der Waals surface area contributed by atoms with Gasteiger partial charge in [-0.05, 0) is 32.6 Å². The molecule has 1 aromatic heterocycles. The molecule has 1 aliphatic heterocycles. The zero-order valence-corrected chi connectivity index (χ0v) is 18.2. The summed E-state index contributed by atoms with van der Waals surface area (Å²) in [4.78, 5) is 15.1. The van der Waals surface area contributed by atoms with Crippen LogP contribution in [0.25, 0.3) is 11.0 Å². The van der Waals surface area contributed by atoms with E-state index >= 15 is 0 Å². The van der Waals surface area contributed by atoms with E-state index in [9.17, 15) is 22.4 Å². The number of benzene rings is 1. The Bertz CT molecular complexity index is 945. The SMILES string of the molecule is CC(=O)N[C@@H](C)CC[C@H]1CC[C@H](Oc2nc3c(F)cc(OCC(F)F)c(F)c3n2C)CO1. The van der Waals surface area contributed by atoms with Gasteiger partial charge in [0.05, 0.1) is 12.7 Å². The van der Waals surface area contributed by atoms with E-state index in [0.29, 0.717) is 12.5 Å². The van der Waals surface area contributed by atoms with Gasteiger partial charge in [-0.15, -0.1) is 0 Å². The molecule has 1 amide bonds. The van der Waals surface area contributed by atoms with Crippen molar-refractivity contribution in [1.29, 1.82) is 0 Å². The van der Waals surface area contributed by atoms with E-state index in [1.165, 1.54) is 18.5 Å². The number of aromatic nitrogens is 2. The molecule has 0 saturated carbocycles. The molecule has 1 aromatic carbocycles. The smallest absolute Gasteiger partial charge is 0.297 e. The summed E-state index contributed by atoms with van der Waals surface area (Å²) in [6, 6.07) is 0.757. The molecule has 0 spiro atoms. The van der Waals surface area contributed by atoms with Crippen LogP contribution in [0.3, 0.4) is 0 Å². The third kappa shape index (κ3) is 5.81. The highest BCUT2D eigenvalue weighted by Gasteiger charge is 2.27. The van der Waals surface area contributed by atoms with E-state index in [-0.39, 0.29) is 47.8 Å². The van der Waals surface area contributed by atoms with Crippen molar-refractivity contribution in [2.24, 2.45) is 7.05 Å². The fourth-order valence-corrected chi connectivity index (χ4v) is 3.73. The van der Waals surface area contributed by atoms with Crippen LogP contribution in [0.5, 0.6) is 11.8 Å². The van der Waals surface area contributed by atoms with Crippen LogP contribution in [0.1, 0.15) is 39.5 Å². The maximum absolute atomic E-state index is 14.7. The van der Waals surface area contributed by atoms with Gasteiger partial charge in [0, 0.05) is 26.1 Å². The number of imidazole rings is 1. The van der Waals surface area contributed by atoms with Gasteiger partial charge in [0.1, 0.15) is 23.7 Å². The third-order valence-corrected chi connectivity index (χ3v) is 5.30. The van der Waals surface area contributed by atoms with Crippen LogP contribution in [0.4, 0.5) is 17.6 Å². The van der Waals surface area contributed by atoms with Crippen LogP contribution in [0.2, 0.25) is 0 Å². The lowest BCUT2D eigenvalue weighted by Crippen LogP contribution is -2.36. The Morgan fingerprint density at radius 1 is 1.38 bits per heavy atom. The van der Waals surface area contributed by atoms with Gasteiger partial charge >= 0.3 is 0 Å². The van der Waals surface area contributed by atoms with Crippen molar-refractivity contribution >= 4 is 16.9 Å². The quantitative estimate of drug-likeness (QED) is 0.576. The molecule has 2 heterocycles. The molecule has 1 fully saturated rings. The minimum Gasteiger partial charge on any atom is -0.484 e. The van der Waals surface area contributed by atoms with Crippen LogP contribution in [-0.2, 0) is 16.6 Å². The van der Waals surface area contributed by atoms with Crippen LogP contribution in [0, 0.1) is 11.6 Å². The van der Waals surface area contributed by atoms with Crippen LogP contribution in [0.15, 0.2) is 6.07 Å². The van der Waals surface area contributed by atoms with Gasteiger partial charge in [-0.25, -0.2) is 17.6 Å². The number of hydrogen-bond donors (Lipinski definition) is 1. The average Bonchev–Trinajstić information content (AvgIpc) is 3.05. The highest BCUT2D eigenvalue weighted by molar-refractivity contribution is 5.80. The van der Waals surface area contributed by atoms with Crippen molar-refractivity contribution in [3.8, 4) is 11.8 Å². The number of nitrogens with one attached hydrogen (secondary N) is 1. The van der Waals surface area contributed by atoms with Crippen molar-refractivity contribution < 1.29 is 36.6 Å². The molecular formula is C21H27F4N3O4. The van der Waals surface area contributed by atoms with E-state index in [1.807, 2.05) is 6.92 Å². The molecule has 178 valence electrons. The Morgan fingerprint density at radius 2 is 2.12 bits per heavy atom. The molecule has 0 bridgehead atoms. The first-order valence-electron chi connectivity index (χ1n) is 10.5. The predicted octanol–water partition coefficient (Wildman–Crippen LogP) is 3.73. The Labute approximate surface area is 183 Å². The van der Waals surface area contributed by atoms with Gasteiger partial charge in [-0.2, -0.15) is 4.98 Å². The minimum absolute atomic E-state index is 0.00450. The predicted molar refractivity (Wildman–Crippen MR) is 108 cm³/mol. The highest BCUT2D eigenvalue weighted by Crippen LogP contribution is 2.32. The summed E-state index contributed by atoms with van der Waals surface area (Å²) >= 11 is 0. The molecule has 0 radical (unpaired) electrons. The van der Waals surface area contributed by atoms with Gasteiger partial charge in [-0.3, -0.25) is 9.36 Å². The first-order chi connectivity index (χ1) is 15.2. The highest BCUT2D eigenvalue weighted by atomic mass is 19.3. The van der Waals surface area contributed by atoms with E-state index in [0.717, 1.165) is 19.3 Å². The molecule has 1 saturated heterocycles. The van der Waals surface area contributed by atoms with Gasteiger partial charge in [0.2, 0.25) is 5.91 Å². The summed E-state index contributed by atoms with van der Waals surface area (Å²) in [7, 11) is 1.44. The van der Waals surface area contributed by atoms with E-state index < -0.39 is 30.4 Å². The fraction of sp³-hybridized carbons (Fsp3) is 0.619. The summed E-state index contributed by atoms with van der Waals surface area (Å²) < 4.78 is 71.4. The van der Waals surface area contributed by atoms with Crippen molar-refractivity contribution in [3.05, 3.63) is 17.7 Å². The molecule has 2 aromatic rings. The van der Waals surface area contributed by atoms with Crippen LogP contribution < -0.4 is 14.8 Å². The average molecular weight is 461 g/mol. The lowest BCUT2D eigenvalue weighted by molar-refractivity contribution is -0.119. The molecule has 32 heavy (non-hydrogen) atoms. The molecule has 3 atom stereocenters. The molecule has 1 N–H and O–H groups in total. The maximum atomic E-state index is 14.7. The first-order valence-corrected chi connectivity index (χ1v) is 10.5. The first kappa shape index (κ1) is 24.1. The Hall–Kier alpha value is -2.56. The lowest BCUT2D eigenvalue weighted by atomic mass is 10.0. The second kappa shape index (κ2) is 10.4. The summed E-state index contributed by atoms with van der Waals surface area (Å²) in [6.45, 7) is 2.65. The molecule has 7 nitrogen and oxygen atoms in total. The number of nitrogens with zero attached hydrogens (tertiary/aromatic N) is 2. The molecule has 0 unspecified atom stereocenters. The molecule has 3 rings (SSSR count). The minimum atomic E-state index is -2.82. The number of rotatable bonds is 9. The van der Waals surface area contributed by atoms with E-state index in [1.54, 1.807) is 0 Å². The maximum Gasteiger partial charge on any atom is 0.297 e. The molecule has 1 aliphatic rings. The Morgan fingerprint density at radius 3 is 2.75 bits per heavy atom. The van der Waals surface area contributed by atoms with Crippen molar-refractivity contribution in [2.45, 2.75) is 64.2 Å². The third-order valence-electron chi connectivity index (χ3n) is 5.30. The van der Waals surface area contributed by atoms with Gasteiger partial charge in [0.25, 0.3) is 12.4 Å². The standard InChI is InChI=1S/C21H27F4N3O4/c1-11(26-12(2)29)4-5-13-6-7-14(9-30-13)32-21-27-19-15(22)8-16(31-10-17(23)24)18(25)20(19)28(21)3/h8,11,13-14,17H,4-7,9-10H2,1-3H3,(H,26,29)/t11-,13-,14-/m0/s1. The van der Waals surface area contributed by atoms with Crippen LogP contribution >= 0.6 is 0 Å². The van der Waals surface area contributed by atoms with Crippen molar-refractivity contribution in [3.63, 3.8) is 0 Å². The number of carbonyl (C=O) groups excluding carboxylic acids is 1. The van der Waals surface area contributed by atoms with Crippen molar-refractivity contribution in [2.75, 3.05) is 13.2 Å². The number of ether oxygens (including phenoxy) is 3. The van der Waals surface area contributed by atoms with E-state index in [4.69, 9.17) is 9.47 Å². The number of halogens is 4. The zero-order chi connectivity index (χ0) is 23.4. The number of alkyl halides is 2. The monoisotopic (exact) mass is 461 g/mol. The second-order valence-electron chi connectivity index (χ2n) is 7.97. The summed E-state index contributed by atoms with van der Waals surface area (Å²) in [5.41, 5.74) is -0.503. The van der Waals surface area contributed by atoms with Crippen LogP contribution in [-0.4, -0.2) is 53.3 Å². The number of amides is 1. The Balaban J connectivity index is 1.62. The van der Waals surface area contributed by atoms with Gasteiger partial charge in [-0.1, -0.05) is 0 Å². The van der Waals surface area contributed by atoms with Crippen molar-refractivity contribution in [1.82, 2.24) is 14.9 Å². The fourth-order valence-electron chi connectivity index (χ4n) is 3.73. The summed E-state index contributed by atoms with van der Waals surface area (Å²) in [6.07, 6.45) is -0.160. The number of carbonyl (C=O) groups is 1. The van der Waals surface area contributed by atoms with Gasteiger partial charge < -0.3 is 19.5 Å². The number of aryl methyl sites for hydroxylation is 1. The molecule has 0 aliphatic carbocycles. The zero-order valence-electron chi connectivity index (χ0n) is 18.2. The largest absolute Gasteiger partial charge is 0.484 e. The number of hydrogen-bond acceptors (Lipinski definition) is 5. The summed E-state index contributed by atoms with van der Waals surface area (Å²) in [5, 5.41) is 2.83. The topological polar surface area (TPSA) is 74.6 Å². The Kier molecular flexibility index (Phi) is 7.81. The lowest BCUT2D eigenvalue weighted by Gasteiger charge is -2.29. The number of fused-ring (bicyclic) bond motifs is 1. The van der Waals surface area contributed by atoms with Gasteiger partial charge in [0.15, 0.2) is 17.4 Å². The normalized spacial score (nSPS) is 19.9. The summed E-state index contributed by atoms with van der Waals surface area (Å²) in [5.74, 6) is -2.56.